The van der Waals surface area contributed by atoms with Crippen molar-refractivity contribution in [1.29, 1.82) is 0 Å². The van der Waals surface area contributed by atoms with Gasteiger partial charge in [0, 0.05) is 18.3 Å². The summed E-state index contributed by atoms with van der Waals surface area (Å²) >= 11 is 0. The maximum atomic E-state index is 10.7. The van der Waals surface area contributed by atoms with Crippen molar-refractivity contribution in [3.63, 3.8) is 0 Å². The van der Waals surface area contributed by atoms with Crippen LogP contribution in [0.4, 0.5) is 0 Å². The number of hydrogen-bond acceptors (Lipinski definition) is 4. The minimum Gasteiger partial charge on any atom is -0.481 e. The van der Waals surface area contributed by atoms with E-state index in [0.717, 1.165) is 11.3 Å². The third-order valence-electron chi connectivity index (χ3n) is 2.98. The number of hydrogen-bond donors (Lipinski definition) is 1. The normalized spacial score (nSPS) is 12.7. The van der Waals surface area contributed by atoms with Gasteiger partial charge in [0.15, 0.2) is 11.5 Å². The van der Waals surface area contributed by atoms with E-state index in [0.29, 0.717) is 17.2 Å². The van der Waals surface area contributed by atoms with Crippen LogP contribution in [0.5, 0.6) is 11.5 Å². The molecule has 0 radical (unpaired) electrons. The Balaban J connectivity index is 1.96. The van der Waals surface area contributed by atoms with Gasteiger partial charge in [-0.05, 0) is 24.3 Å². The average Bonchev–Trinajstić information content (AvgIpc) is 2.95. The van der Waals surface area contributed by atoms with Crippen molar-refractivity contribution in [3.05, 3.63) is 30.0 Å². The second-order valence-corrected chi connectivity index (χ2v) is 4.28. The Hall–Kier alpha value is -2.50. The highest BCUT2D eigenvalue weighted by Gasteiger charge is 2.16. The van der Waals surface area contributed by atoms with Crippen LogP contribution in [0.25, 0.3) is 11.3 Å². The Labute approximate surface area is 109 Å². The number of fused-ring (bicyclic) bond motifs is 1. The summed E-state index contributed by atoms with van der Waals surface area (Å²) in [4.78, 5) is 10.7. The molecule has 1 aromatic heterocycles. The van der Waals surface area contributed by atoms with Crippen LogP contribution in [0.1, 0.15) is 5.69 Å². The molecule has 0 atom stereocenters. The van der Waals surface area contributed by atoms with Crippen molar-refractivity contribution in [3.8, 4) is 22.8 Å². The number of rotatable bonds is 3. The summed E-state index contributed by atoms with van der Waals surface area (Å²) in [5.74, 6) is 0.522. The van der Waals surface area contributed by atoms with Gasteiger partial charge in [0.2, 0.25) is 6.79 Å². The van der Waals surface area contributed by atoms with Gasteiger partial charge in [-0.25, -0.2) is 0 Å². The van der Waals surface area contributed by atoms with E-state index in [2.05, 4.69) is 5.10 Å². The number of carbonyl (C=O) groups is 1. The molecular formula is C13H12N2O4. The molecule has 1 N–H and O–H groups in total. The van der Waals surface area contributed by atoms with Crippen molar-refractivity contribution in [1.82, 2.24) is 9.78 Å². The van der Waals surface area contributed by atoms with Crippen LogP contribution in [0.2, 0.25) is 0 Å². The number of aromatic nitrogens is 2. The number of carboxylic acids is 1. The van der Waals surface area contributed by atoms with Crippen LogP contribution in [-0.4, -0.2) is 27.6 Å². The summed E-state index contributed by atoms with van der Waals surface area (Å²) in [7, 11) is 1.73. The highest BCUT2D eigenvalue weighted by atomic mass is 16.7. The van der Waals surface area contributed by atoms with Gasteiger partial charge in [-0.2, -0.15) is 5.10 Å². The zero-order valence-electron chi connectivity index (χ0n) is 10.3. The Morgan fingerprint density at radius 2 is 2.16 bits per heavy atom. The second kappa shape index (κ2) is 4.31. The number of aryl methyl sites for hydroxylation is 1. The molecule has 1 aliphatic heterocycles. The van der Waals surface area contributed by atoms with Crippen molar-refractivity contribution < 1.29 is 19.4 Å². The quantitative estimate of drug-likeness (QED) is 0.904. The molecule has 0 saturated heterocycles. The molecule has 0 unspecified atom stereocenters. The highest BCUT2D eigenvalue weighted by molar-refractivity contribution is 5.71. The number of ether oxygens (including phenoxy) is 2. The van der Waals surface area contributed by atoms with E-state index >= 15 is 0 Å². The van der Waals surface area contributed by atoms with Crippen LogP contribution in [0.15, 0.2) is 24.3 Å². The van der Waals surface area contributed by atoms with E-state index in [1.807, 2.05) is 18.2 Å². The lowest BCUT2D eigenvalue weighted by Crippen LogP contribution is -2.05. The van der Waals surface area contributed by atoms with Gasteiger partial charge >= 0.3 is 5.97 Å². The highest BCUT2D eigenvalue weighted by Crippen LogP contribution is 2.35. The van der Waals surface area contributed by atoms with Gasteiger partial charge in [-0.3, -0.25) is 9.48 Å². The number of carboxylic acid groups (broad SMARTS) is 1. The first-order chi connectivity index (χ1) is 9.13. The van der Waals surface area contributed by atoms with Crippen LogP contribution >= 0.6 is 0 Å². The molecule has 0 fully saturated rings. The fourth-order valence-electron chi connectivity index (χ4n) is 2.02. The van der Waals surface area contributed by atoms with Crippen LogP contribution in [0.3, 0.4) is 0 Å². The second-order valence-electron chi connectivity index (χ2n) is 4.28. The zero-order chi connectivity index (χ0) is 13.4. The minimum absolute atomic E-state index is 0.0476. The fraction of sp³-hybridized carbons (Fsp3) is 0.231. The molecule has 2 heterocycles. The minimum atomic E-state index is -0.875. The van der Waals surface area contributed by atoms with Gasteiger partial charge in [0.05, 0.1) is 12.1 Å². The molecule has 0 saturated carbocycles. The molecule has 0 spiro atoms. The Morgan fingerprint density at radius 3 is 2.95 bits per heavy atom. The molecule has 19 heavy (non-hydrogen) atoms. The lowest BCUT2D eigenvalue weighted by Gasteiger charge is -1.99. The summed E-state index contributed by atoms with van der Waals surface area (Å²) in [5, 5.41) is 13.1. The topological polar surface area (TPSA) is 73.6 Å². The maximum absolute atomic E-state index is 10.7. The molecule has 0 aliphatic carbocycles. The molecule has 98 valence electrons. The largest absolute Gasteiger partial charge is 0.481 e. The molecule has 2 aromatic rings. The monoisotopic (exact) mass is 260 g/mol. The van der Waals surface area contributed by atoms with Crippen LogP contribution in [0, 0.1) is 0 Å². The third-order valence-corrected chi connectivity index (χ3v) is 2.98. The van der Waals surface area contributed by atoms with Crippen molar-refractivity contribution >= 4 is 5.97 Å². The molecule has 6 nitrogen and oxygen atoms in total. The first-order valence-corrected chi connectivity index (χ1v) is 5.78. The smallest absolute Gasteiger partial charge is 0.309 e. The molecule has 6 heteroatoms. The maximum Gasteiger partial charge on any atom is 0.309 e. The predicted octanol–water partition coefficient (Wildman–Crippen LogP) is 1.44. The molecular weight excluding hydrogens is 248 g/mol. The summed E-state index contributed by atoms with van der Waals surface area (Å²) in [6.45, 7) is 0.227. The summed E-state index contributed by atoms with van der Waals surface area (Å²) in [6, 6.07) is 7.31. The summed E-state index contributed by atoms with van der Waals surface area (Å²) in [6.07, 6.45) is -0.0476. The van der Waals surface area contributed by atoms with Crippen LogP contribution in [-0.2, 0) is 18.3 Å². The number of nitrogens with zero attached hydrogens (tertiary/aromatic N) is 2. The summed E-state index contributed by atoms with van der Waals surface area (Å²) in [5.41, 5.74) is 2.24. The van der Waals surface area contributed by atoms with E-state index in [1.165, 1.54) is 0 Å². The predicted molar refractivity (Wildman–Crippen MR) is 66.1 cm³/mol. The van der Waals surface area contributed by atoms with E-state index in [-0.39, 0.29) is 13.2 Å². The molecule has 1 aliphatic rings. The van der Waals surface area contributed by atoms with Gasteiger partial charge in [-0.1, -0.05) is 0 Å². The first-order valence-electron chi connectivity index (χ1n) is 5.78. The van der Waals surface area contributed by atoms with Crippen molar-refractivity contribution in [2.45, 2.75) is 6.42 Å². The fourth-order valence-corrected chi connectivity index (χ4v) is 2.02. The number of benzene rings is 1. The zero-order valence-corrected chi connectivity index (χ0v) is 10.3. The van der Waals surface area contributed by atoms with Gasteiger partial charge in [0.25, 0.3) is 0 Å². The first kappa shape index (κ1) is 11.6. The van der Waals surface area contributed by atoms with Crippen LogP contribution < -0.4 is 9.47 Å². The molecule has 1 aromatic carbocycles. The van der Waals surface area contributed by atoms with Gasteiger partial charge in [0.1, 0.15) is 0 Å². The lowest BCUT2D eigenvalue weighted by molar-refractivity contribution is -0.136. The van der Waals surface area contributed by atoms with E-state index in [1.54, 1.807) is 17.8 Å². The third kappa shape index (κ3) is 2.12. The molecule has 0 bridgehead atoms. The van der Waals surface area contributed by atoms with E-state index in [4.69, 9.17) is 14.6 Å². The number of aliphatic carboxylic acids is 1. The van der Waals surface area contributed by atoms with Crippen molar-refractivity contribution in [2.75, 3.05) is 6.79 Å². The lowest BCUT2D eigenvalue weighted by atomic mass is 10.1. The van der Waals surface area contributed by atoms with E-state index in [9.17, 15) is 4.79 Å². The van der Waals surface area contributed by atoms with Crippen molar-refractivity contribution in [2.24, 2.45) is 7.05 Å². The van der Waals surface area contributed by atoms with E-state index < -0.39 is 5.97 Å². The SMILES string of the molecule is Cn1nc(-c2ccc3c(c2)OCO3)cc1CC(=O)O. The Bertz CT molecular complexity index is 648. The average molecular weight is 260 g/mol. The molecule has 3 rings (SSSR count). The molecule has 0 amide bonds. The van der Waals surface area contributed by atoms with Gasteiger partial charge in [-0.15, -0.1) is 0 Å². The summed E-state index contributed by atoms with van der Waals surface area (Å²) < 4.78 is 12.1. The van der Waals surface area contributed by atoms with Gasteiger partial charge < -0.3 is 14.6 Å². The Morgan fingerprint density at radius 1 is 1.37 bits per heavy atom. The standard InChI is InChI=1S/C13H12N2O4/c1-15-9(6-13(16)17)5-10(14-15)8-2-3-11-12(4-8)19-7-18-11/h2-5H,6-7H2,1H3,(H,16,17). The Kier molecular flexibility index (Phi) is 2.63.